The van der Waals surface area contributed by atoms with Crippen LogP contribution in [0.25, 0.3) is 0 Å². The Morgan fingerprint density at radius 3 is 2.23 bits per heavy atom. The van der Waals surface area contributed by atoms with Crippen LogP contribution in [-0.4, -0.2) is 31.4 Å². The Kier molecular flexibility index (Phi) is 5.93. The molecule has 0 saturated heterocycles. The van der Waals surface area contributed by atoms with Crippen LogP contribution in [0.15, 0.2) is 27.1 Å². The fourth-order valence-electron chi connectivity index (χ4n) is 1.94. The SMILES string of the molecule is Cc1cc(CN(C)C)ccc1S(=O)(Cl)=N[Si](C)(C)C(C)(C)C. The maximum Gasteiger partial charge on any atom is 0.194 e. The van der Waals surface area contributed by atoms with Gasteiger partial charge in [-0.3, -0.25) is 4.03 Å². The summed E-state index contributed by atoms with van der Waals surface area (Å²) >= 11 is 0. The molecule has 0 aromatic heterocycles. The van der Waals surface area contributed by atoms with Crippen molar-refractivity contribution in [2.24, 2.45) is 4.03 Å². The molecule has 0 aliphatic carbocycles. The van der Waals surface area contributed by atoms with Crippen LogP contribution in [0.4, 0.5) is 0 Å². The van der Waals surface area contributed by atoms with Crippen molar-refractivity contribution in [3.63, 3.8) is 0 Å². The number of hydrogen-bond acceptors (Lipinski definition) is 3. The zero-order valence-corrected chi connectivity index (χ0v) is 17.6. The lowest BCUT2D eigenvalue weighted by atomic mass is 10.1. The molecule has 1 aromatic rings. The lowest BCUT2D eigenvalue weighted by Crippen LogP contribution is -2.35. The third kappa shape index (κ3) is 4.81. The van der Waals surface area contributed by atoms with Gasteiger partial charge in [-0.1, -0.05) is 32.9 Å². The topological polar surface area (TPSA) is 32.7 Å². The average Bonchev–Trinajstić information content (AvgIpc) is 2.24. The van der Waals surface area contributed by atoms with Gasteiger partial charge in [0.15, 0.2) is 17.2 Å². The fraction of sp³-hybridized carbons (Fsp3) is 0.625. The average molecular weight is 361 g/mol. The third-order valence-corrected chi connectivity index (χ3v) is 12.7. The van der Waals surface area contributed by atoms with E-state index < -0.39 is 17.2 Å². The lowest BCUT2D eigenvalue weighted by Gasteiger charge is -2.32. The first-order valence-electron chi connectivity index (χ1n) is 7.48. The van der Waals surface area contributed by atoms with Crippen molar-refractivity contribution in [2.45, 2.75) is 57.3 Å². The maximum absolute atomic E-state index is 13.0. The van der Waals surface area contributed by atoms with Gasteiger partial charge in [-0.25, -0.2) is 4.21 Å². The van der Waals surface area contributed by atoms with Gasteiger partial charge in [0.25, 0.3) is 0 Å². The highest BCUT2D eigenvalue weighted by Crippen LogP contribution is 2.39. The zero-order valence-electron chi connectivity index (χ0n) is 15.0. The number of halogens is 1. The second kappa shape index (κ2) is 6.63. The molecule has 1 rings (SSSR count). The van der Waals surface area contributed by atoms with Crippen LogP contribution in [0.1, 0.15) is 31.9 Å². The molecule has 0 spiro atoms. The molecular weight excluding hydrogens is 332 g/mol. The molecule has 1 atom stereocenters. The molecule has 22 heavy (non-hydrogen) atoms. The van der Waals surface area contributed by atoms with E-state index in [0.717, 1.165) is 12.1 Å². The van der Waals surface area contributed by atoms with Gasteiger partial charge in [0, 0.05) is 17.2 Å². The Morgan fingerprint density at radius 2 is 1.82 bits per heavy atom. The highest BCUT2D eigenvalue weighted by molar-refractivity contribution is 8.16. The van der Waals surface area contributed by atoms with Gasteiger partial charge in [-0.15, -0.1) is 0 Å². The van der Waals surface area contributed by atoms with Gasteiger partial charge >= 0.3 is 0 Å². The first-order chi connectivity index (χ1) is 9.76. The molecule has 0 fully saturated rings. The molecule has 0 amide bonds. The number of aryl methyl sites for hydroxylation is 1. The van der Waals surface area contributed by atoms with Gasteiger partial charge in [0.2, 0.25) is 0 Å². The molecule has 0 aliphatic heterocycles. The molecule has 0 N–H and O–H groups in total. The predicted octanol–water partition coefficient (Wildman–Crippen LogP) is 5.04. The first-order valence-corrected chi connectivity index (χ1v) is 12.8. The summed E-state index contributed by atoms with van der Waals surface area (Å²) in [6.07, 6.45) is 0. The lowest BCUT2D eigenvalue weighted by molar-refractivity contribution is 0.402. The normalized spacial score (nSPS) is 15.7. The summed E-state index contributed by atoms with van der Waals surface area (Å²) in [6.45, 7) is 13.5. The van der Waals surface area contributed by atoms with E-state index in [1.165, 1.54) is 5.56 Å². The Balaban J connectivity index is 3.33. The van der Waals surface area contributed by atoms with E-state index in [4.69, 9.17) is 10.7 Å². The Hall–Kier alpha value is -0.363. The van der Waals surface area contributed by atoms with E-state index in [9.17, 15) is 4.21 Å². The van der Waals surface area contributed by atoms with Gasteiger partial charge in [-0.05, 0) is 56.3 Å². The molecule has 0 saturated carbocycles. The van der Waals surface area contributed by atoms with Crippen molar-refractivity contribution < 1.29 is 4.21 Å². The molecule has 0 heterocycles. The smallest absolute Gasteiger partial charge is 0.194 e. The first kappa shape index (κ1) is 19.7. The highest BCUT2D eigenvalue weighted by Gasteiger charge is 2.37. The van der Waals surface area contributed by atoms with Crippen LogP contribution in [0.3, 0.4) is 0 Å². The molecule has 1 unspecified atom stereocenters. The van der Waals surface area contributed by atoms with E-state index in [1.54, 1.807) is 0 Å². The Bertz CT molecular complexity index is 657. The van der Waals surface area contributed by atoms with Crippen LogP contribution >= 0.6 is 10.7 Å². The third-order valence-electron chi connectivity index (χ3n) is 4.19. The Morgan fingerprint density at radius 1 is 1.27 bits per heavy atom. The van der Waals surface area contributed by atoms with Crippen LogP contribution in [-0.2, 0) is 15.5 Å². The van der Waals surface area contributed by atoms with Crippen LogP contribution < -0.4 is 0 Å². The van der Waals surface area contributed by atoms with Crippen molar-refractivity contribution in [3.8, 4) is 0 Å². The summed E-state index contributed by atoms with van der Waals surface area (Å²) in [5.74, 6) is 0. The molecule has 126 valence electrons. The minimum atomic E-state index is -2.88. The van der Waals surface area contributed by atoms with Crippen molar-refractivity contribution in [1.82, 2.24) is 4.90 Å². The van der Waals surface area contributed by atoms with E-state index >= 15 is 0 Å². The largest absolute Gasteiger partial charge is 0.305 e. The molecule has 6 heteroatoms. The summed E-state index contributed by atoms with van der Waals surface area (Å²) in [7, 11) is 5.50. The highest BCUT2D eigenvalue weighted by atomic mass is 35.7. The van der Waals surface area contributed by atoms with Gasteiger partial charge in [0.05, 0.1) is 4.90 Å². The fourth-order valence-corrected chi connectivity index (χ4v) is 8.54. The molecule has 3 nitrogen and oxygen atoms in total. The minimum absolute atomic E-state index is 0.0172. The number of nitrogens with zero attached hydrogens (tertiary/aromatic N) is 2. The molecule has 1 aromatic carbocycles. The molecular formula is C16H29ClN2OSSi. The van der Waals surface area contributed by atoms with Gasteiger partial charge in [-0.2, -0.15) is 0 Å². The quantitative estimate of drug-likeness (QED) is 0.556. The van der Waals surface area contributed by atoms with E-state index in [1.807, 2.05) is 33.2 Å². The second-order valence-corrected chi connectivity index (χ2v) is 15.7. The van der Waals surface area contributed by atoms with Gasteiger partial charge in [0.1, 0.15) is 0 Å². The minimum Gasteiger partial charge on any atom is -0.305 e. The number of hydrogen-bond donors (Lipinski definition) is 0. The van der Waals surface area contributed by atoms with Crippen molar-refractivity contribution in [3.05, 3.63) is 29.3 Å². The maximum atomic E-state index is 13.0. The molecule has 0 radical (unpaired) electrons. The van der Waals surface area contributed by atoms with Crippen LogP contribution in [0.2, 0.25) is 18.1 Å². The van der Waals surface area contributed by atoms with Crippen molar-refractivity contribution in [2.75, 3.05) is 14.1 Å². The molecule has 0 aliphatic rings. The predicted molar refractivity (Wildman–Crippen MR) is 100 cm³/mol. The zero-order chi connectivity index (χ0) is 17.3. The number of rotatable bonds is 4. The van der Waals surface area contributed by atoms with Crippen LogP contribution in [0.5, 0.6) is 0 Å². The second-order valence-electron chi connectivity index (χ2n) is 7.70. The van der Waals surface area contributed by atoms with Gasteiger partial charge < -0.3 is 4.90 Å². The summed E-state index contributed by atoms with van der Waals surface area (Å²) in [6, 6.07) is 5.92. The van der Waals surface area contributed by atoms with Crippen molar-refractivity contribution in [1.29, 1.82) is 0 Å². The van der Waals surface area contributed by atoms with E-state index in [0.29, 0.717) is 4.90 Å². The van der Waals surface area contributed by atoms with Crippen LogP contribution in [0, 0.1) is 6.92 Å². The number of benzene rings is 1. The van der Waals surface area contributed by atoms with E-state index in [2.05, 4.69) is 48.9 Å². The summed E-state index contributed by atoms with van der Waals surface area (Å²) in [5, 5.41) is 0.0172. The van der Waals surface area contributed by atoms with Crippen molar-refractivity contribution >= 4 is 27.9 Å². The monoisotopic (exact) mass is 360 g/mol. The molecule has 0 bridgehead atoms. The summed E-state index contributed by atoms with van der Waals surface area (Å²) in [5.41, 5.74) is 2.13. The summed E-state index contributed by atoms with van der Waals surface area (Å²) < 4.78 is 17.7. The Labute approximate surface area is 141 Å². The summed E-state index contributed by atoms with van der Waals surface area (Å²) in [4.78, 5) is 2.76. The standard InChI is InChI=1S/C16H29ClN2OSSi/c1-13-11-14(12-19(5)6)9-10-15(13)21(17,20)18-22(7,8)16(2,3)4/h9-11H,12H2,1-8H3. The van der Waals surface area contributed by atoms with E-state index in [-0.39, 0.29) is 5.04 Å².